The molecule has 1 aromatic rings. The molecule has 21 heavy (non-hydrogen) atoms. The number of piperidine rings is 1. The van der Waals surface area contributed by atoms with Crippen molar-refractivity contribution < 1.29 is 4.39 Å². The van der Waals surface area contributed by atoms with Crippen molar-refractivity contribution in [2.24, 2.45) is 5.92 Å². The Hall–Kier alpha value is -1.16. The molecule has 1 aromatic heterocycles. The maximum absolute atomic E-state index is 14.8. The Labute approximate surface area is 125 Å². The summed E-state index contributed by atoms with van der Waals surface area (Å²) in [4.78, 5) is 6.65. The summed E-state index contributed by atoms with van der Waals surface area (Å²) in [6.45, 7) is 1.60. The lowest BCUT2D eigenvalue weighted by Gasteiger charge is -2.38. The second-order valence-electron chi connectivity index (χ2n) is 6.86. The highest BCUT2D eigenvalue weighted by Gasteiger charge is 2.36. The van der Waals surface area contributed by atoms with Gasteiger partial charge in [-0.25, -0.2) is 9.37 Å². The first-order chi connectivity index (χ1) is 10.3. The van der Waals surface area contributed by atoms with E-state index in [0.717, 1.165) is 18.0 Å². The Balaban J connectivity index is 1.56. The van der Waals surface area contributed by atoms with Gasteiger partial charge in [0, 0.05) is 36.9 Å². The molecule has 0 bridgehead atoms. The molecule has 1 saturated heterocycles. The van der Waals surface area contributed by atoms with Crippen molar-refractivity contribution in [1.82, 2.24) is 10.3 Å². The number of pyridine rings is 1. The Morgan fingerprint density at radius 2 is 2.05 bits per heavy atom. The molecule has 114 valence electrons. The van der Waals surface area contributed by atoms with Crippen LogP contribution >= 0.6 is 0 Å². The molecule has 4 heteroatoms. The summed E-state index contributed by atoms with van der Waals surface area (Å²) in [5.74, 6) is 1.26. The van der Waals surface area contributed by atoms with Crippen LogP contribution in [0.25, 0.3) is 0 Å². The number of hydrogen-bond donors (Lipinski definition) is 1. The minimum Gasteiger partial charge on any atom is -0.351 e. The van der Waals surface area contributed by atoms with Gasteiger partial charge in [-0.3, -0.25) is 0 Å². The first-order valence-corrected chi connectivity index (χ1v) is 8.46. The van der Waals surface area contributed by atoms with E-state index in [2.05, 4.69) is 15.2 Å². The van der Waals surface area contributed by atoms with Crippen molar-refractivity contribution in [2.75, 3.05) is 11.4 Å². The summed E-state index contributed by atoms with van der Waals surface area (Å²) >= 11 is 0. The molecule has 1 aliphatic heterocycles. The van der Waals surface area contributed by atoms with Gasteiger partial charge in [0.05, 0.1) is 0 Å². The van der Waals surface area contributed by atoms with E-state index in [0.29, 0.717) is 24.4 Å². The smallest absolute Gasteiger partial charge is 0.170 e. The van der Waals surface area contributed by atoms with Crippen LogP contribution in [-0.4, -0.2) is 23.6 Å². The molecular weight excluding hydrogens is 265 g/mol. The normalized spacial score (nSPS) is 28.7. The van der Waals surface area contributed by atoms with Crippen LogP contribution in [0.4, 0.5) is 10.2 Å². The summed E-state index contributed by atoms with van der Waals surface area (Å²) in [5.41, 5.74) is 0.770. The average Bonchev–Trinajstić information content (AvgIpc) is 3.20. The third kappa shape index (κ3) is 2.66. The number of hydrogen-bond acceptors (Lipinski definition) is 3. The van der Waals surface area contributed by atoms with Crippen molar-refractivity contribution in [3.05, 3.63) is 23.6 Å². The Morgan fingerprint density at radius 1 is 1.19 bits per heavy atom. The topological polar surface area (TPSA) is 28.2 Å². The molecule has 0 spiro atoms. The van der Waals surface area contributed by atoms with Crippen LogP contribution < -0.4 is 10.2 Å². The Kier molecular flexibility index (Phi) is 3.57. The number of fused-ring (bicyclic) bond motifs is 1. The molecule has 0 radical (unpaired) electrons. The van der Waals surface area contributed by atoms with Gasteiger partial charge in [0.2, 0.25) is 0 Å². The van der Waals surface area contributed by atoms with E-state index in [1.54, 1.807) is 6.20 Å². The maximum atomic E-state index is 14.8. The lowest BCUT2D eigenvalue weighted by Crippen LogP contribution is -2.43. The molecule has 2 aliphatic carbocycles. The number of aromatic nitrogens is 1. The lowest BCUT2D eigenvalue weighted by atomic mass is 9.92. The highest BCUT2D eigenvalue weighted by atomic mass is 19.1. The first kappa shape index (κ1) is 13.5. The van der Waals surface area contributed by atoms with Gasteiger partial charge in [0.25, 0.3) is 0 Å². The fraction of sp³-hybridized carbons (Fsp3) is 0.706. The molecule has 3 fully saturated rings. The van der Waals surface area contributed by atoms with Crippen LogP contribution in [0, 0.1) is 11.7 Å². The molecule has 2 unspecified atom stereocenters. The zero-order chi connectivity index (χ0) is 14.2. The standard InChI is InChI=1S/C17H24FN3/c18-16-13(11-20-14-6-7-14)8-9-19-17(16)21-10-2-4-12-3-1-5-15(12)21/h8-9,12,14-15,20H,1-7,10-11H2. The van der Waals surface area contributed by atoms with Crippen molar-refractivity contribution in [2.45, 2.75) is 63.6 Å². The fourth-order valence-electron chi connectivity index (χ4n) is 4.07. The van der Waals surface area contributed by atoms with Gasteiger partial charge < -0.3 is 10.2 Å². The summed E-state index contributed by atoms with van der Waals surface area (Å²) in [6.07, 6.45) is 10.5. The van der Waals surface area contributed by atoms with Crippen LogP contribution in [-0.2, 0) is 6.54 Å². The van der Waals surface area contributed by atoms with E-state index >= 15 is 0 Å². The summed E-state index contributed by atoms with van der Waals surface area (Å²) in [6, 6.07) is 2.95. The molecule has 0 amide bonds. The Morgan fingerprint density at radius 3 is 2.90 bits per heavy atom. The van der Waals surface area contributed by atoms with Crippen LogP contribution in [0.15, 0.2) is 12.3 Å². The monoisotopic (exact) mass is 289 g/mol. The minimum absolute atomic E-state index is 0.0989. The predicted octanol–water partition coefficient (Wildman–Crippen LogP) is 3.24. The second kappa shape index (κ2) is 5.56. The fourth-order valence-corrected chi connectivity index (χ4v) is 4.07. The van der Waals surface area contributed by atoms with E-state index < -0.39 is 0 Å². The molecule has 4 rings (SSSR count). The molecule has 2 saturated carbocycles. The van der Waals surface area contributed by atoms with Gasteiger partial charge >= 0.3 is 0 Å². The molecule has 2 heterocycles. The van der Waals surface area contributed by atoms with E-state index in [-0.39, 0.29) is 5.82 Å². The van der Waals surface area contributed by atoms with Crippen LogP contribution in [0.1, 0.15) is 50.5 Å². The zero-order valence-corrected chi connectivity index (χ0v) is 12.5. The van der Waals surface area contributed by atoms with E-state index in [9.17, 15) is 4.39 Å². The van der Waals surface area contributed by atoms with Crippen molar-refractivity contribution in [1.29, 1.82) is 0 Å². The van der Waals surface area contributed by atoms with Gasteiger partial charge in [-0.15, -0.1) is 0 Å². The Bertz CT molecular complexity index is 515. The maximum Gasteiger partial charge on any atom is 0.170 e. The van der Waals surface area contributed by atoms with Crippen molar-refractivity contribution >= 4 is 5.82 Å². The molecule has 1 N–H and O–H groups in total. The van der Waals surface area contributed by atoms with Gasteiger partial charge in [-0.1, -0.05) is 6.42 Å². The van der Waals surface area contributed by atoms with Gasteiger partial charge in [-0.2, -0.15) is 0 Å². The van der Waals surface area contributed by atoms with Crippen molar-refractivity contribution in [3.63, 3.8) is 0 Å². The van der Waals surface area contributed by atoms with E-state index in [1.807, 2.05) is 6.07 Å². The second-order valence-corrected chi connectivity index (χ2v) is 6.86. The SMILES string of the molecule is Fc1c(CNC2CC2)ccnc1N1CCCC2CCCC21. The summed E-state index contributed by atoms with van der Waals surface area (Å²) in [5, 5.41) is 3.40. The molecule has 3 nitrogen and oxygen atoms in total. The molecular formula is C17H24FN3. The van der Waals surface area contributed by atoms with Crippen LogP contribution in [0.5, 0.6) is 0 Å². The zero-order valence-electron chi connectivity index (χ0n) is 12.5. The number of nitrogens with one attached hydrogen (secondary N) is 1. The number of nitrogens with zero attached hydrogens (tertiary/aromatic N) is 2. The number of anilines is 1. The number of rotatable bonds is 4. The number of halogens is 1. The minimum atomic E-state index is -0.0989. The van der Waals surface area contributed by atoms with Gasteiger partial charge in [0.15, 0.2) is 11.6 Å². The summed E-state index contributed by atoms with van der Waals surface area (Å²) < 4.78 is 14.8. The molecule has 3 aliphatic rings. The lowest BCUT2D eigenvalue weighted by molar-refractivity contribution is 0.356. The quantitative estimate of drug-likeness (QED) is 0.922. The van der Waals surface area contributed by atoms with Crippen molar-refractivity contribution in [3.8, 4) is 0 Å². The van der Waals surface area contributed by atoms with E-state index in [4.69, 9.17) is 0 Å². The summed E-state index contributed by atoms with van der Waals surface area (Å²) in [7, 11) is 0. The molecule has 0 aromatic carbocycles. The predicted molar refractivity (Wildman–Crippen MR) is 81.8 cm³/mol. The van der Waals surface area contributed by atoms with Gasteiger partial charge in [-0.05, 0) is 50.5 Å². The highest BCUT2D eigenvalue weighted by molar-refractivity contribution is 5.45. The van der Waals surface area contributed by atoms with E-state index in [1.165, 1.54) is 44.9 Å². The average molecular weight is 289 g/mol. The highest BCUT2D eigenvalue weighted by Crippen LogP contribution is 2.39. The molecule has 2 atom stereocenters. The third-order valence-corrected chi connectivity index (χ3v) is 5.37. The third-order valence-electron chi connectivity index (χ3n) is 5.37. The first-order valence-electron chi connectivity index (χ1n) is 8.46. The van der Waals surface area contributed by atoms with Crippen LogP contribution in [0.3, 0.4) is 0 Å². The van der Waals surface area contributed by atoms with Crippen LogP contribution in [0.2, 0.25) is 0 Å². The van der Waals surface area contributed by atoms with Gasteiger partial charge in [0.1, 0.15) is 0 Å². The largest absolute Gasteiger partial charge is 0.351 e.